The number of hydrogen-bond donors (Lipinski definition) is 1. The van der Waals surface area contributed by atoms with Gasteiger partial charge >= 0.3 is 0 Å². The highest BCUT2D eigenvalue weighted by atomic mass is 35.5. The molecule has 1 rings (SSSR count). The first-order valence-electron chi connectivity index (χ1n) is 1.85. The Bertz CT molecular complexity index is 49.7. The third-order valence-corrected chi connectivity index (χ3v) is 0.722. The molecule has 3 N–H and O–H groups in total. The third-order valence-electron chi connectivity index (χ3n) is 0.722. The van der Waals surface area contributed by atoms with Crippen LogP contribution in [0.1, 0.15) is 13.8 Å². The highest BCUT2D eigenvalue weighted by molar-refractivity contribution is 5.85. The Kier molecular flexibility index (Phi) is 3.66. The van der Waals surface area contributed by atoms with E-state index in [4.69, 9.17) is 4.74 Å². The molecule has 1 aliphatic heterocycles. The summed E-state index contributed by atoms with van der Waals surface area (Å²) in [6.07, 6.45) is 0. The van der Waals surface area contributed by atoms with E-state index in [2.05, 4.69) is 13.8 Å². The molecule has 1 aliphatic rings. The first-order chi connectivity index (χ1) is 2.21. The average molecular weight is 126 g/mol. The minimum Gasteiger partial charge on any atom is -0.370 e. The third kappa shape index (κ3) is 4.05. The van der Waals surface area contributed by atoms with E-state index >= 15 is 0 Å². The lowest BCUT2D eigenvalue weighted by molar-refractivity contribution is 0.344. The van der Waals surface area contributed by atoms with Crippen LogP contribution in [0.5, 0.6) is 0 Å². The second-order valence-corrected chi connectivity index (χ2v) is 2.05. The van der Waals surface area contributed by atoms with Crippen LogP contribution in [0.15, 0.2) is 0 Å². The van der Waals surface area contributed by atoms with E-state index < -0.39 is 0 Å². The van der Waals surface area contributed by atoms with Crippen LogP contribution in [0.3, 0.4) is 0 Å². The van der Waals surface area contributed by atoms with Crippen LogP contribution in [0.2, 0.25) is 0 Å². The Labute approximate surface area is 50.2 Å². The van der Waals surface area contributed by atoms with Gasteiger partial charge in [-0.3, -0.25) is 0 Å². The molecule has 46 valence electrons. The molecule has 0 spiro atoms. The van der Waals surface area contributed by atoms with Crippen LogP contribution in [0, 0.1) is 0 Å². The number of epoxide rings is 1. The van der Waals surface area contributed by atoms with Gasteiger partial charge in [0, 0.05) is 0 Å². The summed E-state index contributed by atoms with van der Waals surface area (Å²) in [7, 11) is 0. The summed E-state index contributed by atoms with van der Waals surface area (Å²) < 4.78 is 4.90. The van der Waals surface area contributed by atoms with Gasteiger partial charge in [-0.15, -0.1) is 12.4 Å². The minimum absolute atomic E-state index is 0. The molecule has 1 fully saturated rings. The molecular formula is C4H12ClNO. The van der Waals surface area contributed by atoms with Crippen LogP contribution in [-0.4, -0.2) is 12.2 Å². The molecule has 0 aromatic rings. The Morgan fingerprint density at radius 2 is 1.57 bits per heavy atom. The molecule has 7 heavy (non-hydrogen) atoms. The van der Waals surface area contributed by atoms with Gasteiger partial charge in [0.25, 0.3) is 0 Å². The van der Waals surface area contributed by atoms with Crippen molar-refractivity contribution >= 4 is 12.4 Å². The number of hydrogen-bond acceptors (Lipinski definition) is 2. The maximum atomic E-state index is 4.90. The molecule has 0 amide bonds. The fraction of sp³-hybridized carbons (Fsp3) is 1.00. The Morgan fingerprint density at radius 3 is 1.57 bits per heavy atom. The maximum absolute atomic E-state index is 4.90. The van der Waals surface area contributed by atoms with E-state index in [9.17, 15) is 0 Å². The van der Waals surface area contributed by atoms with Gasteiger partial charge < -0.3 is 10.9 Å². The van der Waals surface area contributed by atoms with E-state index in [1.807, 2.05) is 0 Å². The molecule has 1 heterocycles. The summed E-state index contributed by atoms with van der Waals surface area (Å²) in [5.41, 5.74) is 0.250. The zero-order chi connectivity index (χ0) is 3.91. The quantitative estimate of drug-likeness (QED) is 0.498. The zero-order valence-corrected chi connectivity index (χ0v) is 5.55. The van der Waals surface area contributed by atoms with Crippen molar-refractivity contribution in [3.05, 3.63) is 0 Å². The molecule has 0 bridgehead atoms. The molecule has 0 aliphatic carbocycles. The van der Waals surface area contributed by atoms with Gasteiger partial charge in [0.2, 0.25) is 0 Å². The summed E-state index contributed by atoms with van der Waals surface area (Å²) in [6, 6.07) is 0. The monoisotopic (exact) mass is 125 g/mol. The predicted molar refractivity (Wildman–Crippen MR) is 32.3 cm³/mol. The molecule has 3 heteroatoms. The predicted octanol–water partition coefficient (Wildman–Crippen LogP) is 1.38. The molecule has 1 saturated heterocycles. The number of ether oxygens (including phenoxy) is 1. The van der Waals surface area contributed by atoms with Crippen LogP contribution in [0.4, 0.5) is 0 Å². The summed E-state index contributed by atoms with van der Waals surface area (Å²) in [4.78, 5) is 0. The minimum atomic E-state index is 0. The van der Waals surface area contributed by atoms with Crippen molar-refractivity contribution in [1.82, 2.24) is 6.15 Å². The van der Waals surface area contributed by atoms with E-state index in [1.54, 1.807) is 0 Å². The van der Waals surface area contributed by atoms with Gasteiger partial charge in [-0.2, -0.15) is 0 Å². The number of rotatable bonds is 0. The van der Waals surface area contributed by atoms with Crippen LogP contribution in [0.25, 0.3) is 0 Å². The molecule has 0 saturated carbocycles. The largest absolute Gasteiger partial charge is 0.370 e. The van der Waals surface area contributed by atoms with Gasteiger partial charge in [0.15, 0.2) is 0 Å². The van der Waals surface area contributed by atoms with Gasteiger partial charge in [0.1, 0.15) is 0 Å². The highest BCUT2D eigenvalue weighted by Crippen LogP contribution is 2.23. The average Bonchev–Trinajstić information content (AvgIpc) is 1.76. The summed E-state index contributed by atoms with van der Waals surface area (Å²) in [5.74, 6) is 0. The number of halogens is 1. The zero-order valence-electron chi connectivity index (χ0n) is 4.73. The van der Waals surface area contributed by atoms with Crippen molar-refractivity contribution in [3.63, 3.8) is 0 Å². The second kappa shape index (κ2) is 2.50. The van der Waals surface area contributed by atoms with Crippen molar-refractivity contribution in [2.45, 2.75) is 19.4 Å². The summed E-state index contributed by atoms with van der Waals surface area (Å²) in [5, 5.41) is 0. The van der Waals surface area contributed by atoms with Crippen molar-refractivity contribution in [2.24, 2.45) is 0 Å². The Morgan fingerprint density at radius 1 is 1.43 bits per heavy atom. The second-order valence-electron chi connectivity index (χ2n) is 2.05. The van der Waals surface area contributed by atoms with Crippen molar-refractivity contribution in [1.29, 1.82) is 0 Å². The fourth-order valence-corrected chi connectivity index (χ4v) is 0.144. The van der Waals surface area contributed by atoms with E-state index in [-0.39, 0.29) is 24.2 Å². The van der Waals surface area contributed by atoms with Crippen LogP contribution >= 0.6 is 12.4 Å². The van der Waals surface area contributed by atoms with E-state index in [0.29, 0.717) is 0 Å². The Balaban J connectivity index is 0. The molecule has 2 nitrogen and oxygen atoms in total. The first-order valence-corrected chi connectivity index (χ1v) is 1.85. The van der Waals surface area contributed by atoms with Crippen LogP contribution in [-0.2, 0) is 4.74 Å². The van der Waals surface area contributed by atoms with Crippen LogP contribution < -0.4 is 6.15 Å². The van der Waals surface area contributed by atoms with Crippen molar-refractivity contribution in [2.75, 3.05) is 6.61 Å². The normalized spacial score (nSPS) is 21.4. The lowest BCUT2D eigenvalue weighted by Gasteiger charge is -1.81. The van der Waals surface area contributed by atoms with Gasteiger partial charge in [0.05, 0.1) is 12.2 Å². The fourth-order valence-electron chi connectivity index (χ4n) is 0.144. The Hall–Kier alpha value is 0.210. The topological polar surface area (TPSA) is 47.5 Å². The van der Waals surface area contributed by atoms with Gasteiger partial charge in [-0.1, -0.05) is 0 Å². The van der Waals surface area contributed by atoms with E-state index in [0.717, 1.165) is 6.61 Å². The highest BCUT2D eigenvalue weighted by Gasteiger charge is 2.32. The molecule has 0 aromatic heterocycles. The van der Waals surface area contributed by atoms with Crippen molar-refractivity contribution < 1.29 is 4.74 Å². The lowest BCUT2D eigenvalue weighted by atomic mass is 10.3. The van der Waals surface area contributed by atoms with Gasteiger partial charge in [-0.25, -0.2) is 0 Å². The SMILES string of the molecule is CC1(C)CO1.Cl.N. The van der Waals surface area contributed by atoms with E-state index in [1.165, 1.54) is 0 Å². The smallest absolute Gasteiger partial charge is 0.0860 e. The summed E-state index contributed by atoms with van der Waals surface area (Å²) in [6.45, 7) is 5.10. The molecule has 0 atom stereocenters. The molecular weight excluding hydrogens is 114 g/mol. The molecule has 0 aromatic carbocycles. The van der Waals surface area contributed by atoms with Gasteiger partial charge in [-0.05, 0) is 13.8 Å². The van der Waals surface area contributed by atoms with Crippen molar-refractivity contribution in [3.8, 4) is 0 Å². The molecule has 0 radical (unpaired) electrons. The first kappa shape index (κ1) is 10.2. The standard InChI is InChI=1S/C4H8O.ClH.H3N/c1-4(2)3-5-4;;/h3H2,1-2H3;1H;1H3. The molecule has 0 unspecified atom stereocenters. The lowest BCUT2D eigenvalue weighted by Crippen LogP contribution is -1.90. The maximum Gasteiger partial charge on any atom is 0.0860 e. The summed E-state index contributed by atoms with van der Waals surface area (Å²) >= 11 is 0.